The maximum absolute atomic E-state index is 9.99. The molecule has 5 nitrogen and oxygen atoms in total. The first-order valence-electron chi connectivity index (χ1n) is 7.47. The SMILES string of the molecule is CCCCOc1ccc2nn(-c3cc(C)ccc3O)nc2c1. The molecule has 1 N–H and O–H groups in total. The molecule has 1 aromatic heterocycles. The molecule has 0 aliphatic heterocycles. The Morgan fingerprint density at radius 2 is 1.91 bits per heavy atom. The molecule has 1 heterocycles. The van der Waals surface area contributed by atoms with Crippen molar-refractivity contribution in [2.45, 2.75) is 26.7 Å². The predicted molar refractivity (Wildman–Crippen MR) is 85.7 cm³/mol. The molecule has 0 bridgehead atoms. The molecule has 0 atom stereocenters. The Hall–Kier alpha value is -2.56. The van der Waals surface area contributed by atoms with Crippen LogP contribution in [0.2, 0.25) is 0 Å². The minimum Gasteiger partial charge on any atom is -0.506 e. The number of phenols is 1. The van der Waals surface area contributed by atoms with E-state index in [0.717, 1.165) is 35.2 Å². The van der Waals surface area contributed by atoms with Crippen LogP contribution < -0.4 is 4.74 Å². The molecule has 3 rings (SSSR count). The van der Waals surface area contributed by atoms with E-state index in [1.165, 1.54) is 4.80 Å². The van der Waals surface area contributed by atoms with Gasteiger partial charge < -0.3 is 9.84 Å². The molecule has 3 aromatic rings. The maximum atomic E-state index is 9.99. The summed E-state index contributed by atoms with van der Waals surface area (Å²) in [5, 5.41) is 18.8. The third-order valence-corrected chi connectivity index (χ3v) is 3.46. The largest absolute Gasteiger partial charge is 0.506 e. The summed E-state index contributed by atoms with van der Waals surface area (Å²) < 4.78 is 5.69. The standard InChI is InChI=1S/C17H19N3O2/c1-3-4-9-22-13-6-7-14-15(11-13)19-20(18-14)16-10-12(2)5-8-17(16)21/h5-8,10-11,21H,3-4,9H2,1-2H3. The Balaban J connectivity index is 1.94. The van der Waals surface area contributed by atoms with Crippen LogP contribution in [0.3, 0.4) is 0 Å². The van der Waals surface area contributed by atoms with Crippen molar-refractivity contribution in [2.24, 2.45) is 0 Å². The molecule has 0 aliphatic carbocycles. The number of nitrogens with zero attached hydrogens (tertiary/aromatic N) is 3. The molecule has 114 valence electrons. The van der Waals surface area contributed by atoms with Crippen LogP contribution in [0.1, 0.15) is 25.3 Å². The molecule has 5 heteroatoms. The number of phenolic OH excluding ortho intramolecular Hbond substituents is 1. The number of hydrogen-bond donors (Lipinski definition) is 1. The van der Waals surface area contributed by atoms with E-state index < -0.39 is 0 Å². The smallest absolute Gasteiger partial charge is 0.143 e. The zero-order valence-corrected chi connectivity index (χ0v) is 12.8. The fourth-order valence-electron chi connectivity index (χ4n) is 2.22. The van der Waals surface area contributed by atoms with Crippen LogP contribution in [-0.2, 0) is 0 Å². The second-order valence-electron chi connectivity index (χ2n) is 5.33. The van der Waals surface area contributed by atoms with E-state index >= 15 is 0 Å². The fraction of sp³-hybridized carbons (Fsp3) is 0.294. The van der Waals surface area contributed by atoms with E-state index in [0.29, 0.717) is 12.3 Å². The highest BCUT2D eigenvalue weighted by molar-refractivity contribution is 5.75. The monoisotopic (exact) mass is 297 g/mol. The first-order valence-corrected chi connectivity index (χ1v) is 7.47. The molecular weight excluding hydrogens is 278 g/mol. The predicted octanol–water partition coefficient (Wildman–Crippen LogP) is 3.61. The van der Waals surface area contributed by atoms with Gasteiger partial charge in [-0.2, -0.15) is 0 Å². The molecule has 0 saturated carbocycles. The lowest BCUT2D eigenvalue weighted by Gasteiger charge is -2.03. The minimum atomic E-state index is 0.158. The van der Waals surface area contributed by atoms with Crippen LogP contribution >= 0.6 is 0 Å². The van der Waals surface area contributed by atoms with Crippen molar-refractivity contribution >= 4 is 11.0 Å². The van der Waals surface area contributed by atoms with Crippen molar-refractivity contribution in [1.82, 2.24) is 15.0 Å². The summed E-state index contributed by atoms with van der Waals surface area (Å²) >= 11 is 0. The van der Waals surface area contributed by atoms with Crippen molar-refractivity contribution in [3.63, 3.8) is 0 Å². The van der Waals surface area contributed by atoms with Gasteiger partial charge in [0.15, 0.2) is 0 Å². The number of aryl methyl sites for hydroxylation is 1. The van der Waals surface area contributed by atoms with Crippen molar-refractivity contribution in [2.75, 3.05) is 6.61 Å². The van der Waals surface area contributed by atoms with Gasteiger partial charge in [0.2, 0.25) is 0 Å². The topological polar surface area (TPSA) is 60.2 Å². The summed E-state index contributed by atoms with van der Waals surface area (Å²) in [6.45, 7) is 4.80. The molecule has 2 aromatic carbocycles. The minimum absolute atomic E-state index is 0.158. The van der Waals surface area contributed by atoms with Crippen molar-refractivity contribution < 1.29 is 9.84 Å². The highest BCUT2D eigenvalue weighted by Crippen LogP contribution is 2.24. The third-order valence-electron chi connectivity index (χ3n) is 3.46. The van der Waals surface area contributed by atoms with Gasteiger partial charge in [0.25, 0.3) is 0 Å². The van der Waals surface area contributed by atoms with Crippen LogP contribution in [0.25, 0.3) is 16.7 Å². The van der Waals surface area contributed by atoms with Gasteiger partial charge in [-0.15, -0.1) is 15.0 Å². The number of benzene rings is 2. The number of hydrogen-bond acceptors (Lipinski definition) is 4. The van der Waals surface area contributed by atoms with Gasteiger partial charge in [-0.25, -0.2) is 0 Å². The van der Waals surface area contributed by atoms with Crippen LogP contribution in [0.15, 0.2) is 36.4 Å². The summed E-state index contributed by atoms with van der Waals surface area (Å²) in [6.07, 6.45) is 2.13. The molecule has 0 radical (unpaired) electrons. The van der Waals surface area contributed by atoms with E-state index in [4.69, 9.17) is 4.74 Å². The van der Waals surface area contributed by atoms with Crippen LogP contribution in [-0.4, -0.2) is 26.7 Å². The molecule has 0 unspecified atom stereocenters. The van der Waals surface area contributed by atoms with Crippen LogP contribution in [0, 0.1) is 6.92 Å². The summed E-state index contributed by atoms with van der Waals surface area (Å²) in [6, 6.07) is 11.0. The van der Waals surface area contributed by atoms with E-state index in [2.05, 4.69) is 17.1 Å². The number of ether oxygens (including phenoxy) is 1. The maximum Gasteiger partial charge on any atom is 0.143 e. The Morgan fingerprint density at radius 3 is 2.73 bits per heavy atom. The lowest BCUT2D eigenvalue weighted by molar-refractivity contribution is 0.310. The first-order chi connectivity index (χ1) is 10.7. The zero-order valence-electron chi connectivity index (χ0n) is 12.8. The van der Waals surface area contributed by atoms with E-state index in [1.807, 2.05) is 37.3 Å². The normalized spacial score (nSPS) is 11.0. The number of unbranched alkanes of at least 4 members (excludes halogenated alkanes) is 1. The Bertz CT molecular complexity index is 796. The quantitative estimate of drug-likeness (QED) is 0.731. The van der Waals surface area contributed by atoms with Crippen LogP contribution in [0.4, 0.5) is 0 Å². The summed E-state index contributed by atoms with van der Waals surface area (Å²) in [5.41, 5.74) is 3.13. The second kappa shape index (κ2) is 6.05. The van der Waals surface area contributed by atoms with Gasteiger partial charge >= 0.3 is 0 Å². The highest BCUT2D eigenvalue weighted by Gasteiger charge is 2.09. The Kier molecular flexibility index (Phi) is 3.96. The highest BCUT2D eigenvalue weighted by atomic mass is 16.5. The third kappa shape index (κ3) is 2.88. The second-order valence-corrected chi connectivity index (χ2v) is 5.33. The Labute approximate surface area is 129 Å². The Morgan fingerprint density at radius 1 is 1.09 bits per heavy atom. The van der Waals surface area contributed by atoms with Crippen LogP contribution in [0.5, 0.6) is 11.5 Å². The van der Waals surface area contributed by atoms with Gasteiger partial charge in [-0.05, 0) is 43.2 Å². The number of rotatable bonds is 5. The summed E-state index contributed by atoms with van der Waals surface area (Å²) in [5.74, 6) is 0.951. The number of fused-ring (bicyclic) bond motifs is 1. The lowest BCUT2D eigenvalue weighted by Crippen LogP contribution is -1.99. The molecule has 0 fully saturated rings. The summed E-state index contributed by atoms with van der Waals surface area (Å²) in [7, 11) is 0. The molecule has 0 saturated heterocycles. The molecule has 0 spiro atoms. The van der Waals surface area contributed by atoms with Gasteiger partial charge in [-0.1, -0.05) is 19.4 Å². The average molecular weight is 297 g/mol. The number of aromatic hydroxyl groups is 1. The molecular formula is C17H19N3O2. The zero-order chi connectivity index (χ0) is 15.5. The number of aromatic nitrogens is 3. The first kappa shape index (κ1) is 14.4. The van der Waals surface area contributed by atoms with E-state index in [1.54, 1.807) is 6.07 Å². The average Bonchev–Trinajstić information content (AvgIpc) is 2.93. The van der Waals surface area contributed by atoms with E-state index in [9.17, 15) is 5.11 Å². The molecule has 22 heavy (non-hydrogen) atoms. The van der Waals surface area contributed by atoms with E-state index in [-0.39, 0.29) is 5.75 Å². The van der Waals surface area contributed by atoms with Crippen molar-refractivity contribution in [1.29, 1.82) is 0 Å². The van der Waals surface area contributed by atoms with Gasteiger partial charge in [0, 0.05) is 6.07 Å². The lowest BCUT2D eigenvalue weighted by atomic mass is 10.2. The molecule has 0 amide bonds. The summed E-state index contributed by atoms with van der Waals surface area (Å²) in [4.78, 5) is 1.46. The fourth-order valence-corrected chi connectivity index (χ4v) is 2.22. The van der Waals surface area contributed by atoms with Crippen molar-refractivity contribution in [3.8, 4) is 17.2 Å². The molecule has 0 aliphatic rings. The van der Waals surface area contributed by atoms with Gasteiger partial charge in [-0.3, -0.25) is 0 Å². The van der Waals surface area contributed by atoms with Gasteiger partial charge in [0.05, 0.1) is 6.61 Å². The van der Waals surface area contributed by atoms with Crippen molar-refractivity contribution in [3.05, 3.63) is 42.0 Å². The van der Waals surface area contributed by atoms with Gasteiger partial charge in [0.1, 0.15) is 28.2 Å².